The summed E-state index contributed by atoms with van der Waals surface area (Å²) in [5, 5.41) is 6.95. The Hall–Kier alpha value is -1.79. The van der Waals surface area contributed by atoms with Crippen molar-refractivity contribution in [2.24, 2.45) is 0 Å². The molecule has 0 spiro atoms. The topological polar surface area (TPSA) is 54.0 Å². The molecule has 5 nitrogen and oxygen atoms in total. The third-order valence-corrected chi connectivity index (χ3v) is 4.69. The minimum absolute atomic E-state index is 0.171. The molecule has 1 unspecified atom stereocenters. The Balaban J connectivity index is 1.65. The first-order chi connectivity index (χ1) is 11.2. The van der Waals surface area contributed by atoms with E-state index in [4.69, 9.17) is 4.74 Å². The highest BCUT2D eigenvalue weighted by Gasteiger charge is 2.37. The van der Waals surface area contributed by atoms with Crippen molar-refractivity contribution in [3.8, 4) is 0 Å². The summed E-state index contributed by atoms with van der Waals surface area (Å²) < 4.78 is 18.8. The van der Waals surface area contributed by atoms with Gasteiger partial charge in [-0.15, -0.1) is 0 Å². The Morgan fingerprint density at radius 1 is 1.48 bits per heavy atom. The Kier molecular flexibility index (Phi) is 5.03. The number of H-pyrrole nitrogens is 1. The van der Waals surface area contributed by atoms with Gasteiger partial charge in [-0.3, -0.25) is 10.00 Å². The van der Waals surface area contributed by atoms with E-state index in [1.165, 1.54) is 6.07 Å². The van der Waals surface area contributed by atoms with E-state index in [9.17, 15) is 4.39 Å². The fourth-order valence-corrected chi connectivity index (χ4v) is 3.36. The van der Waals surface area contributed by atoms with Crippen LogP contribution >= 0.6 is 0 Å². The number of hydrogen-bond donors (Lipinski definition) is 1. The maximum absolute atomic E-state index is 13.3. The highest BCUT2D eigenvalue weighted by atomic mass is 19.1. The molecule has 1 aliphatic heterocycles. The van der Waals surface area contributed by atoms with Crippen molar-refractivity contribution in [3.63, 3.8) is 0 Å². The number of methoxy groups -OCH3 is 1. The molecule has 1 saturated heterocycles. The zero-order valence-electron chi connectivity index (χ0n) is 13.6. The number of nitrogens with zero attached hydrogens (tertiary/aromatic N) is 3. The molecule has 1 fully saturated rings. The van der Waals surface area contributed by atoms with Crippen LogP contribution < -0.4 is 0 Å². The van der Waals surface area contributed by atoms with Gasteiger partial charge >= 0.3 is 0 Å². The third-order valence-electron chi connectivity index (χ3n) is 4.69. The molecule has 23 heavy (non-hydrogen) atoms. The number of rotatable bonds is 6. The fourth-order valence-electron chi connectivity index (χ4n) is 3.36. The van der Waals surface area contributed by atoms with E-state index in [1.807, 2.05) is 6.07 Å². The summed E-state index contributed by atoms with van der Waals surface area (Å²) in [6.07, 6.45) is 4.49. The first kappa shape index (κ1) is 16.1. The molecule has 3 rings (SSSR count). The van der Waals surface area contributed by atoms with Crippen molar-refractivity contribution in [1.82, 2.24) is 20.1 Å². The van der Waals surface area contributed by atoms with Gasteiger partial charge in [0.2, 0.25) is 0 Å². The number of aromatic nitrogens is 3. The van der Waals surface area contributed by atoms with E-state index < -0.39 is 0 Å². The van der Waals surface area contributed by atoms with E-state index in [0.29, 0.717) is 6.04 Å². The van der Waals surface area contributed by atoms with Crippen LogP contribution in [-0.4, -0.2) is 45.9 Å². The molecule has 1 aromatic heterocycles. The molecule has 124 valence electrons. The normalized spacial score (nSPS) is 23.3. The number of aryl methyl sites for hydroxylation is 1. The second-order valence-corrected chi connectivity index (χ2v) is 6.19. The summed E-state index contributed by atoms with van der Waals surface area (Å²) in [5.41, 5.74) is 1.04. The minimum Gasteiger partial charge on any atom is -0.380 e. The molecule has 0 radical (unpaired) electrons. The van der Waals surface area contributed by atoms with Gasteiger partial charge in [0.25, 0.3) is 0 Å². The van der Waals surface area contributed by atoms with Crippen molar-refractivity contribution in [1.29, 1.82) is 0 Å². The molecular formula is C17H23FN4O. The van der Waals surface area contributed by atoms with Gasteiger partial charge < -0.3 is 4.74 Å². The Morgan fingerprint density at radius 3 is 3.04 bits per heavy atom. The van der Waals surface area contributed by atoms with Crippen LogP contribution in [0.3, 0.4) is 0 Å². The van der Waals surface area contributed by atoms with Gasteiger partial charge in [-0.1, -0.05) is 12.1 Å². The quantitative estimate of drug-likeness (QED) is 0.890. The van der Waals surface area contributed by atoms with Gasteiger partial charge in [0.15, 0.2) is 0 Å². The smallest absolute Gasteiger partial charge is 0.141 e. The van der Waals surface area contributed by atoms with Gasteiger partial charge in [0, 0.05) is 19.7 Å². The summed E-state index contributed by atoms with van der Waals surface area (Å²) in [4.78, 5) is 6.73. The minimum atomic E-state index is -0.171. The van der Waals surface area contributed by atoms with Gasteiger partial charge in [0.05, 0.1) is 12.1 Å². The lowest BCUT2D eigenvalue weighted by Gasteiger charge is -2.29. The fraction of sp³-hybridized carbons (Fsp3) is 0.529. The molecule has 1 N–H and O–H groups in total. The molecule has 0 aliphatic carbocycles. The van der Waals surface area contributed by atoms with E-state index in [0.717, 1.165) is 37.2 Å². The van der Waals surface area contributed by atoms with Crippen LogP contribution in [-0.2, 0) is 11.2 Å². The third kappa shape index (κ3) is 3.76. The highest BCUT2D eigenvalue weighted by Crippen LogP contribution is 2.33. The number of aromatic amines is 1. The van der Waals surface area contributed by atoms with Crippen LogP contribution in [0.5, 0.6) is 0 Å². The first-order valence-electron chi connectivity index (χ1n) is 8.05. The van der Waals surface area contributed by atoms with Crippen LogP contribution in [0.4, 0.5) is 4.39 Å². The zero-order valence-corrected chi connectivity index (χ0v) is 13.6. The number of ether oxygens (including phenoxy) is 1. The SMILES string of the molecule is CO[C@@H]1C[C@@H](c2ncn[nH]2)N(C(C)CCc2cccc(F)c2)C1. The predicted molar refractivity (Wildman–Crippen MR) is 85.4 cm³/mol. The molecule has 1 aromatic carbocycles. The Bertz CT molecular complexity index is 619. The lowest BCUT2D eigenvalue weighted by atomic mass is 10.0. The molecule has 2 heterocycles. The monoisotopic (exact) mass is 318 g/mol. The second-order valence-electron chi connectivity index (χ2n) is 6.19. The number of benzene rings is 1. The number of hydrogen-bond acceptors (Lipinski definition) is 4. The summed E-state index contributed by atoms with van der Waals surface area (Å²) in [7, 11) is 1.75. The summed E-state index contributed by atoms with van der Waals surface area (Å²) in [5.74, 6) is 0.720. The summed E-state index contributed by atoms with van der Waals surface area (Å²) >= 11 is 0. The van der Waals surface area contributed by atoms with Crippen LogP contribution in [0.15, 0.2) is 30.6 Å². The molecule has 6 heteroatoms. The lowest BCUT2D eigenvalue weighted by molar-refractivity contribution is 0.100. The van der Waals surface area contributed by atoms with Crippen molar-refractivity contribution in [3.05, 3.63) is 47.8 Å². The van der Waals surface area contributed by atoms with Crippen LogP contribution in [0.1, 0.15) is 37.2 Å². The Morgan fingerprint density at radius 2 is 2.35 bits per heavy atom. The second kappa shape index (κ2) is 7.19. The number of likely N-dealkylation sites (tertiary alicyclic amines) is 1. The molecule has 1 aliphatic rings. The van der Waals surface area contributed by atoms with Crippen LogP contribution in [0.25, 0.3) is 0 Å². The highest BCUT2D eigenvalue weighted by molar-refractivity contribution is 5.16. The maximum Gasteiger partial charge on any atom is 0.141 e. The van der Waals surface area contributed by atoms with E-state index in [2.05, 4.69) is 27.0 Å². The number of halogens is 1. The Labute approximate surface area is 135 Å². The molecule has 3 atom stereocenters. The van der Waals surface area contributed by atoms with E-state index in [-0.39, 0.29) is 18.0 Å². The molecule has 0 saturated carbocycles. The average Bonchev–Trinajstić information content (AvgIpc) is 3.21. The van der Waals surface area contributed by atoms with Gasteiger partial charge in [-0.2, -0.15) is 5.10 Å². The maximum atomic E-state index is 13.3. The lowest BCUT2D eigenvalue weighted by Crippen LogP contribution is -2.34. The van der Waals surface area contributed by atoms with Crippen LogP contribution in [0.2, 0.25) is 0 Å². The summed E-state index contributed by atoms with van der Waals surface area (Å²) in [6.45, 7) is 3.09. The van der Waals surface area contributed by atoms with Crippen LogP contribution in [0, 0.1) is 5.82 Å². The van der Waals surface area contributed by atoms with Crippen molar-refractivity contribution in [2.75, 3.05) is 13.7 Å². The molecule has 0 bridgehead atoms. The molecular weight excluding hydrogens is 295 g/mol. The van der Waals surface area contributed by atoms with Gasteiger partial charge in [0.1, 0.15) is 18.0 Å². The van der Waals surface area contributed by atoms with Crippen molar-refractivity contribution < 1.29 is 9.13 Å². The molecule has 2 aromatic rings. The van der Waals surface area contributed by atoms with E-state index in [1.54, 1.807) is 25.6 Å². The summed E-state index contributed by atoms with van der Waals surface area (Å²) in [6, 6.07) is 7.40. The predicted octanol–water partition coefficient (Wildman–Crippen LogP) is 2.73. The number of nitrogens with one attached hydrogen (secondary N) is 1. The van der Waals surface area contributed by atoms with E-state index >= 15 is 0 Å². The van der Waals surface area contributed by atoms with Crippen molar-refractivity contribution >= 4 is 0 Å². The zero-order chi connectivity index (χ0) is 16.2. The van der Waals surface area contributed by atoms with Crippen molar-refractivity contribution in [2.45, 2.75) is 44.4 Å². The standard InChI is InChI=1S/C17H23FN4O/c1-12(6-7-13-4-3-5-14(18)8-13)22-10-15(23-2)9-16(22)17-19-11-20-21-17/h3-5,8,11-12,15-16H,6-7,9-10H2,1-2H3,(H,19,20,21)/t12?,15-,16+/m1/s1. The van der Waals surface area contributed by atoms with Gasteiger partial charge in [-0.25, -0.2) is 9.37 Å². The largest absolute Gasteiger partial charge is 0.380 e. The first-order valence-corrected chi connectivity index (χ1v) is 8.05. The average molecular weight is 318 g/mol. The molecule has 0 amide bonds. The van der Waals surface area contributed by atoms with Gasteiger partial charge in [-0.05, 0) is 43.9 Å².